The fourth-order valence-electron chi connectivity index (χ4n) is 3.27. The molecule has 0 saturated heterocycles. The van der Waals surface area contributed by atoms with Crippen LogP contribution in [0, 0.1) is 0 Å². The molecule has 6 heteroatoms. The number of aliphatic imine (C=N–C) groups is 1. The number of hydrogen-bond acceptors (Lipinski definition) is 4. The van der Waals surface area contributed by atoms with Crippen molar-refractivity contribution in [1.29, 1.82) is 0 Å². The fourth-order valence-corrected chi connectivity index (χ4v) is 3.72. The van der Waals surface area contributed by atoms with Gasteiger partial charge in [0.2, 0.25) is 6.79 Å². The van der Waals surface area contributed by atoms with E-state index in [4.69, 9.17) is 9.47 Å². The maximum atomic E-state index is 12.5. The van der Waals surface area contributed by atoms with E-state index in [1.165, 1.54) is 0 Å². The Bertz CT molecular complexity index is 1290. The molecule has 132 valence electrons. The van der Waals surface area contributed by atoms with Crippen molar-refractivity contribution < 1.29 is 9.47 Å². The highest BCUT2D eigenvalue weighted by Gasteiger charge is 2.13. The molecule has 2 heterocycles. The Labute approximate surface area is 162 Å². The van der Waals surface area contributed by atoms with E-state index >= 15 is 0 Å². The Balaban J connectivity index is 1.68. The number of halogens is 1. The lowest BCUT2D eigenvalue weighted by atomic mass is 10.1. The summed E-state index contributed by atoms with van der Waals surface area (Å²) in [5.74, 6) is 1.44. The standard InChI is InChI=1S/C21H13BrN2O3/c22-13-8-16-14-3-1-2-4-15(14)21(25)24-20(16)17(9-13)23-10-12-5-6-18-19(7-12)27-11-26-18/h1-10H,11H2,(H,24,25). The highest BCUT2D eigenvalue weighted by Crippen LogP contribution is 2.34. The molecule has 0 saturated carbocycles. The second kappa shape index (κ2) is 6.25. The highest BCUT2D eigenvalue weighted by molar-refractivity contribution is 9.10. The fraction of sp³-hybridized carbons (Fsp3) is 0.0476. The van der Waals surface area contributed by atoms with Crippen molar-refractivity contribution in [2.75, 3.05) is 6.79 Å². The van der Waals surface area contributed by atoms with Gasteiger partial charge in [-0.15, -0.1) is 0 Å². The zero-order valence-corrected chi connectivity index (χ0v) is 15.6. The van der Waals surface area contributed by atoms with E-state index in [1.807, 2.05) is 54.6 Å². The molecule has 0 spiro atoms. The lowest BCUT2D eigenvalue weighted by molar-refractivity contribution is 0.174. The number of aromatic amines is 1. The number of hydrogen-bond donors (Lipinski definition) is 1. The molecule has 1 aromatic heterocycles. The van der Waals surface area contributed by atoms with Gasteiger partial charge in [0.15, 0.2) is 11.5 Å². The van der Waals surface area contributed by atoms with Crippen LogP contribution in [0.2, 0.25) is 0 Å². The van der Waals surface area contributed by atoms with E-state index in [0.717, 1.165) is 26.6 Å². The van der Waals surface area contributed by atoms with Gasteiger partial charge in [0, 0.05) is 21.5 Å². The van der Waals surface area contributed by atoms with Crippen LogP contribution in [0.5, 0.6) is 11.5 Å². The van der Waals surface area contributed by atoms with Crippen LogP contribution in [-0.4, -0.2) is 18.0 Å². The third kappa shape index (κ3) is 2.78. The number of fused-ring (bicyclic) bond motifs is 4. The van der Waals surface area contributed by atoms with E-state index in [9.17, 15) is 4.79 Å². The zero-order valence-electron chi connectivity index (χ0n) is 14.0. The maximum absolute atomic E-state index is 12.5. The largest absolute Gasteiger partial charge is 0.454 e. The summed E-state index contributed by atoms with van der Waals surface area (Å²) in [5, 5.41) is 2.50. The molecule has 0 atom stereocenters. The number of H-pyrrole nitrogens is 1. The van der Waals surface area contributed by atoms with Crippen LogP contribution in [0.1, 0.15) is 5.56 Å². The summed E-state index contributed by atoms with van der Waals surface area (Å²) in [6, 6.07) is 17.1. The molecule has 0 radical (unpaired) electrons. The van der Waals surface area contributed by atoms with Crippen LogP contribution < -0.4 is 15.0 Å². The van der Waals surface area contributed by atoms with Crippen molar-refractivity contribution in [3.05, 3.63) is 75.0 Å². The summed E-state index contributed by atoms with van der Waals surface area (Å²) in [6.45, 7) is 0.237. The van der Waals surface area contributed by atoms with Crippen LogP contribution in [0.25, 0.3) is 21.7 Å². The molecule has 0 aliphatic carbocycles. The summed E-state index contributed by atoms with van der Waals surface area (Å²) < 4.78 is 11.6. The average Bonchev–Trinajstić information content (AvgIpc) is 3.15. The molecule has 5 nitrogen and oxygen atoms in total. The molecular formula is C21H13BrN2O3. The number of nitrogens with zero attached hydrogens (tertiary/aromatic N) is 1. The van der Waals surface area contributed by atoms with E-state index in [1.54, 1.807) is 6.21 Å². The molecule has 27 heavy (non-hydrogen) atoms. The maximum Gasteiger partial charge on any atom is 0.256 e. The smallest absolute Gasteiger partial charge is 0.256 e. The Hall–Kier alpha value is -3.12. The van der Waals surface area contributed by atoms with Crippen LogP contribution in [0.4, 0.5) is 5.69 Å². The topological polar surface area (TPSA) is 63.7 Å². The summed E-state index contributed by atoms with van der Waals surface area (Å²) in [7, 11) is 0. The minimum absolute atomic E-state index is 0.125. The molecule has 1 aliphatic heterocycles. The van der Waals surface area contributed by atoms with Crippen molar-refractivity contribution >= 4 is 49.5 Å². The van der Waals surface area contributed by atoms with Crippen molar-refractivity contribution in [1.82, 2.24) is 4.98 Å². The first-order valence-corrected chi connectivity index (χ1v) is 9.16. The number of benzene rings is 3. The lowest BCUT2D eigenvalue weighted by Crippen LogP contribution is -2.06. The van der Waals surface area contributed by atoms with Crippen LogP contribution in [0.3, 0.4) is 0 Å². The monoisotopic (exact) mass is 420 g/mol. The molecule has 3 aromatic carbocycles. The molecule has 0 fully saturated rings. The lowest BCUT2D eigenvalue weighted by Gasteiger charge is -2.07. The van der Waals surface area contributed by atoms with Gasteiger partial charge in [-0.2, -0.15) is 0 Å². The van der Waals surface area contributed by atoms with Gasteiger partial charge in [0.05, 0.1) is 11.2 Å². The number of rotatable bonds is 2. The molecule has 5 rings (SSSR count). The van der Waals surface area contributed by atoms with E-state index < -0.39 is 0 Å². The normalized spacial score (nSPS) is 13.1. The second-order valence-electron chi connectivity index (χ2n) is 6.22. The predicted molar refractivity (Wildman–Crippen MR) is 110 cm³/mol. The Morgan fingerprint density at radius 2 is 1.78 bits per heavy atom. The van der Waals surface area contributed by atoms with E-state index in [-0.39, 0.29) is 12.4 Å². The number of nitrogens with one attached hydrogen (secondary N) is 1. The van der Waals surface area contributed by atoms with Crippen molar-refractivity contribution in [3.8, 4) is 11.5 Å². The van der Waals surface area contributed by atoms with Gasteiger partial charge < -0.3 is 14.5 Å². The van der Waals surface area contributed by atoms with Crippen molar-refractivity contribution in [2.45, 2.75) is 0 Å². The van der Waals surface area contributed by atoms with Crippen molar-refractivity contribution in [3.63, 3.8) is 0 Å². The predicted octanol–water partition coefficient (Wildman–Crippen LogP) is 4.92. The van der Waals surface area contributed by atoms with Gasteiger partial charge in [-0.05, 0) is 47.3 Å². The summed E-state index contributed by atoms with van der Waals surface area (Å²) in [6.07, 6.45) is 1.75. The van der Waals surface area contributed by atoms with Crippen LogP contribution >= 0.6 is 15.9 Å². The Morgan fingerprint density at radius 1 is 0.963 bits per heavy atom. The molecular weight excluding hydrogens is 408 g/mol. The first-order valence-electron chi connectivity index (χ1n) is 8.37. The molecule has 1 N–H and O–H groups in total. The van der Waals surface area contributed by atoms with Gasteiger partial charge in [0.25, 0.3) is 5.56 Å². The first kappa shape index (κ1) is 16.1. The zero-order chi connectivity index (χ0) is 18.4. The van der Waals surface area contributed by atoms with E-state index in [2.05, 4.69) is 25.9 Å². The van der Waals surface area contributed by atoms with E-state index in [0.29, 0.717) is 22.3 Å². The number of aromatic nitrogens is 1. The minimum atomic E-state index is -0.125. The molecule has 0 unspecified atom stereocenters. The van der Waals surface area contributed by atoms with Crippen LogP contribution in [-0.2, 0) is 0 Å². The summed E-state index contributed by atoms with van der Waals surface area (Å²) >= 11 is 3.55. The number of pyridine rings is 1. The summed E-state index contributed by atoms with van der Waals surface area (Å²) in [5.41, 5.74) is 2.15. The van der Waals surface area contributed by atoms with Crippen LogP contribution in [0.15, 0.2) is 68.9 Å². The third-order valence-electron chi connectivity index (χ3n) is 4.53. The Kier molecular flexibility index (Phi) is 3.72. The van der Waals surface area contributed by atoms with Gasteiger partial charge in [0.1, 0.15) is 0 Å². The van der Waals surface area contributed by atoms with Gasteiger partial charge in [-0.1, -0.05) is 34.1 Å². The van der Waals surface area contributed by atoms with Gasteiger partial charge >= 0.3 is 0 Å². The molecule has 0 amide bonds. The van der Waals surface area contributed by atoms with Gasteiger partial charge in [-0.3, -0.25) is 9.79 Å². The van der Waals surface area contributed by atoms with Gasteiger partial charge in [-0.25, -0.2) is 0 Å². The molecule has 1 aliphatic rings. The van der Waals surface area contributed by atoms with Crippen molar-refractivity contribution in [2.24, 2.45) is 4.99 Å². The molecule has 4 aromatic rings. The highest BCUT2D eigenvalue weighted by atomic mass is 79.9. The Morgan fingerprint density at radius 3 is 2.67 bits per heavy atom. The minimum Gasteiger partial charge on any atom is -0.454 e. The second-order valence-corrected chi connectivity index (χ2v) is 7.13. The molecule has 0 bridgehead atoms. The average molecular weight is 421 g/mol. The number of ether oxygens (including phenoxy) is 2. The quantitative estimate of drug-likeness (QED) is 0.369. The SMILES string of the molecule is O=c1[nH]c2c(N=Cc3ccc4c(c3)OCO4)cc(Br)cc2c2ccccc12. The first-order chi connectivity index (χ1) is 13.2. The third-order valence-corrected chi connectivity index (χ3v) is 4.99. The summed E-state index contributed by atoms with van der Waals surface area (Å²) in [4.78, 5) is 20.1.